The van der Waals surface area contributed by atoms with Crippen LogP contribution in [0.2, 0.25) is 0 Å². The van der Waals surface area contributed by atoms with E-state index in [1.807, 2.05) is 62.4 Å². The summed E-state index contributed by atoms with van der Waals surface area (Å²) in [5.41, 5.74) is 3.45. The maximum absolute atomic E-state index is 13.5. The molecule has 38 heavy (non-hydrogen) atoms. The van der Waals surface area contributed by atoms with Crippen molar-refractivity contribution >= 4 is 28.4 Å². The van der Waals surface area contributed by atoms with E-state index in [-0.39, 0.29) is 18.1 Å². The molecule has 0 atom stereocenters. The molecule has 2 heterocycles. The summed E-state index contributed by atoms with van der Waals surface area (Å²) < 4.78 is 24.9. The lowest BCUT2D eigenvalue weighted by Crippen LogP contribution is -2.36. The fourth-order valence-corrected chi connectivity index (χ4v) is 4.94. The third-order valence-electron chi connectivity index (χ3n) is 6.66. The van der Waals surface area contributed by atoms with Crippen LogP contribution in [-0.2, 0) is 21.6 Å². The molecule has 1 aliphatic heterocycles. The van der Waals surface area contributed by atoms with Crippen LogP contribution in [0.25, 0.3) is 16.5 Å². The van der Waals surface area contributed by atoms with Gasteiger partial charge in [-0.05, 0) is 54.4 Å². The number of rotatable bonds is 6. The second-order valence-electron chi connectivity index (χ2n) is 9.94. The number of H-pyrrole nitrogens is 1. The van der Waals surface area contributed by atoms with Crippen LogP contribution in [-0.4, -0.2) is 34.9 Å². The number of aromatic amines is 1. The van der Waals surface area contributed by atoms with E-state index in [1.54, 1.807) is 13.1 Å². The average molecular weight is 513 g/mol. The Morgan fingerprint density at radius 1 is 1.03 bits per heavy atom. The summed E-state index contributed by atoms with van der Waals surface area (Å²) in [7, 11) is 0. The zero-order valence-electron chi connectivity index (χ0n) is 21.6. The topological polar surface area (TPSA) is 71.6 Å². The first-order chi connectivity index (χ1) is 18.3. The van der Waals surface area contributed by atoms with Gasteiger partial charge in [0.25, 0.3) is 5.91 Å². The first-order valence-corrected chi connectivity index (χ1v) is 12.6. The maximum atomic E-state index is 13.5. The van der Waals surface area contributed by atoms with Gasteiger partial charge < -0.3 is 19.4 Å². The van der Waals surface area contributed by atoms with Gasteiger partial charge in [-0.1, -0.05) is 44.2 Å². The van der Waals surface area contributed by atoms with Gasteiger partial charge in [-0.25, -0.2) is 9.18 Å². The fraction of sp³-hybridized carbons (Fsp3) is 0.226. The minimum absolute atomic E-state index is 0.193. The summed E-state index contributed by atoms with van der Waals surface area (Å²) in [6.45, 7) is 6.74. The highest BCUT2D eigenvalue weighted by molar-refractivity contribution is 6.18. The minimum Gasteiger partial charge on any atom is -0.489 e. The Kier molecular flexibility index (Phi) is 6.76. The lowest BCUT2D eigenvalue weighted by molar-refractivity contribution is -0.136. The van der Waals surface area contributed by atoms with Crippen LogP contribution in [0.3, 0.4) is 0 Å². The molecule has 1 aliphatic rings. The summed E-state index contributed by atoms with van der Waals surface area (Å²) in [4.78, 5) is 31.5. The van der Waals surface area contributed by atoms with E-state index in [9.17, 15) is 14.0 Å². The highest BCUT2D eigenvalue weighted by Crippen LogP contribution is 2.41. The van der Waals surface area contributed by atoms with Crippen molar-refractivity contribution in [1.82, 2.24) is 9.88 Å². The molecule has 1 amide bonds. The molecule has 0 fully saturated rings. The van der Waals surface area contributed by atoms with Crippen molar-refractivity contribution in [2.24, 2.45) is 0 Å². The number of amides is 1. The lowest BCUT2D eigenvalue weighted by atomic mass is 9.81. The van der Waals surface area contributed by atoms with Crippen LogP contribution < -0.4 is 4.74 Å². The maximum Gasteiger partial charge on any atom is 0.341 e. The molecule has 0 unspecified atom stereocenters. The molecular formula is C31H29FN2O4. The minimum atomic E-state index is -0.541. The molecule has 194 valence electrons. The Bertz CT molecular complexity index is 1520. The largest absolute Gasteiger partial charge is 0.489 e. The highest BCUT2D eigenvalue weighted by atomic mass is 19.1. The van der Waals surface area contributed by atoms with E-state index in [4.69, 9.17) is 9.47 Å². The van der Waals surface area contributed by atoms with Gasteiger partial charge in [0.1, 0.15) is 18.2 Å². The van der Waals surface area contributed by atoms with E-state index in [1.165, 1.54) is 29.2 Å². The second-order valence-corrected chi connectivity index (χ2v) is 9.94. The Hall–Kier alpha value is -4.39. The molecule has 0 saturated carbocycles. The number of nitrogens with zero attached hydrogens (tertiary/aromatic N) is 1. The molecular weight excluding hydrogens is 483 g/mol. The first kappa shape index (κ1) is 25.3. The summed E-state index contributed by atoms with van der Waals surface area (Å²) in [5, 5.41) is 0.934. The van der Waals surface area contributed by atoms with Crippen LogP contribution in [0.5, 0.6) is 5.75 Å². The first-order valence-electron chi connectivity index (χ1n) is 12.6. The number of carbonyl (C=O) groups excluding carboxylic acids is 2. The van der Waals surface area contributed by atoms with E-state index in [0.717, 1.165) is 22.0 Å². The molecule has 0 aliphatic carbocycles. The summed E-state index contributed by atoms with van der Waals surface area (Å²) in [6, 6.07) is 21.1. The quantitative estimate of drug-likeness (QED) is 0.311. The van der Waals surface area contributed by atoms with Crippen molar-refractivity contribution in [2.75, 3.05) is 13.2 Å². The van der Waals surface area contributed by atoms with Crippen LogP contribution in [0, 0.1) is 5.82 Å². The van der Waals surface area contributed by atoms with Gasteiger partial charge in [0.15, 0.2) is 0 Å². The zero-order chi connectivity index (χ0) is 26.9. The summed E-state index contributed by atoms with van der Waals surface area (Å²) in [6.07, 6.45) is 1.54. The second kappa shape index (κ2) is 10.2. The number of hydrogen-bond donors (Lipinski definition) is 1. The predicted octanol–water partition coefficient (Wildman–Crippen LogP) is 6.22. The summed E-state index contributed by atoms with van der Waals surface area (Å²) >= 11 is 0. The number of carbonyl (C=O) groups is 2. The van der Waals surface area contributed by atoms with Gasteiger partial charge in [-0.15, -0.1) is 0 Å². The van der Waals surface area contributed by atoms with Crippen LogP contribution in [0.15, 0.2) is 79.0 Å². The number of aromatic nitrogens is 1. The molecule has 1 aromatic heterocycles. The van der Waals surface area contributed by atoms with Gasteiger partial charge in [0, 0.05) is 40.7 Å². The predicted molar refractivity (Wildman–Crippen MR) is 144 cm³/mol. The molecule has 0 radical (unpaired) electrons. The molecule has 6 nitrogen and oxygen atoms in total. The van der Waals surface area contributed by atoms with Gasteiger partial charge >= 0.3 is 5.97 Å². The smallest absolute Gasteiger partial charge is 0.341 e. The Balaban J connectivity index is 1.56. The highest BCUT2D eigenvalue weighted by Gasteiger charge is 2.37. The van der Waals surface area contributed by atoms with Crippen molar-refractivity contribution in [3.8, 4) is 5.75 Å². The molecule has 1 N–H and O–H groups in total. The van der Waals surface area contributed by atoms with E-state index >= 15 is 0 Å². The molecule has 3 aromatic carbocycles. The zero-order valence-corrected chi connectivity index (χ0v) is 21.6. The molecule has 5 rings (SSSR count). The molecule has 0 spiro atoms. The van der Waals surface area contributed by atoms with Crippen LogP contribution in [0.1, 0.15) is 48.0 Å². The van der Waals surface area contributed by atoms with E-state index < -0.39 is 17.2 Å². The number of halogens is 1. The van der Waals surface area contributed by atoms with Crippen LogP contribution >= 0.6 is 0 Å². The Labute approximate surface area is 220 Å². The number of esters is 1. The van der Waals surface area contributed by atoms with Crippen molar-refractivity contribution in [3.05, 3.63) is 107 Å². The molecule has 7 heteroatoms. The van der Waals surface area contributed by atoms with E-state index in [0.29, 0.717) is 30.2 Å². The number of hydrogen-bond acceptors (Lipinski definition) is 4. The lowest BCUT2D eigenvalue weighted by Gasteiger charge is -2.29. The van der Waals surface area contributed by atoms with Gasteiger partial charge in [-0.2, -0.15) is 0 Å². The summed E-state index contributed by atoms with van der Waals surface area (Å²) in [5.74, 6) is -0.583. The van der Waals surface area contributed by atoms with Gasteiger partial charge in [-0.3, -0.25) is 4.79 Å². The Morgan fingerprint density at radius 3 is 2.47 bits per heavy atom. The standard InChI is InChI=1S/C31H29FN2O4/c1-4-37-30(36)25-17-34(29(35)21-10-12-22(32)13-11-21)19-31(2,3)27-24-15-14-23(16-26(24)33-28(25)27)38-18-20-8-6-5-7-9-20/h5-17,33H,4,18-19H2,1-3H3. The van der Waals surface area contributed by atoms with Crippen molar-refractivity contribution < 1.29 is 23.5 Å². The van der Waals surface area contributed by atoms with Gasteiger partial charge in [0.05, 0.1) is 17.9 Å². The average Bonchev–Trinajstić information content (AvgIpc) is 3.24. The van der Waals surface area contributed by atoms with Gasteiger partial charge in [0.2, 0.25) is 0 Å². The van der Waals surface area contributed by atoms with Crippen LogP contribution in [0.4, 0.5) is 4.39 Å². The molecule has 4 aromatic rings. The number of fused-ring (bicyclic) bond motifs is 3. The molecule has 0 saturated heterocycles. The number of nitrogens with one attached hydrogen (secondary N) is 1. The van der Waals surface area contributed by atoms with Crippen molar-refractivity contribution in [3.63, 3.8) is 0 Å². The third kappa shape index (κ3) is 4.92. The monoisotopic (exact) mass is 512 g/mol. The normalized spacial score (nSPS) is 14.4. The third-order valence-corrected chi connectivity index (χ3v) is 6.66. The molecule has 0 bridgehead atoms. The number of ether oxygens (including phenoxy) is 2. The van der Waals surface area contributed by atoms with Crippen molar-refractivity contribution in [1.29, 1.82) is 0 Å². The van der Waals surface area contributed by atoms with E-state index in [2.05, 4.69) is 4.98 Å². The van der Waals surface area contributed by atoms with Crippen molar-refractivity contribution in [2.45, 2.75) is 32.8 Å². The number of benzene rings is 3. The fourth-order valence-electron chi connectivity index (χ4n) is 4.94. The Morgan fingerprint density at radius 2 is 1.76 bits per heavy atom. The SMILES string of the molecule is CCOC(=O)C1=CN(C(=O)c2ccc(F)cc2)CC(C)(C)c2c1[nH]c1cc(OCc3ccccc3)ccc21.